The van der Waals surface area contributed by atoms with Gasteiger partial charge < -0.3 is 0 Å². The number of isocyanates is 1. The molecule has 2 nitrogen and oxygen atoms in total. The van der Waals surface area contributed by atoms with Gasteiger partial charge in [-0.3, -0.25) is 0 Å². The summed E-state index contributed by atoms with van der Waals surface area (Å²) in [4.78, 5) is 13.1. The van der Waals surface area contributed by atoms with E-state index in [0.717, 1.165) is 0 Å². The van der Waals surface area contributed by atoms with Crippen molar-refractivity contribution in [1.29, 1.82) is 0 Å². The lowest BCUT2D eigenvalue weighted by molar-refractivity contribution is -0.114. The molecule has 1 unspecified atom stereocenters. The van der Waals surface area contributed by atoms with Crippen molar-refractivity contribution in [3.8, 4) is 0 Å². The van der Waals surface area contributed by atoms with Crippen LogP contribution in [0.3, 0.4) is 0 Å². The highest BCUT2D eigenvalue weighted by atomic mass is 19.3. The van der Waals surface area contributed by atoms with E-state index >= 15 is 0 Å². The minimum atomic E-state index is -2.52. The molecule has 1 fully saturated rings. The maximum absolute atomic E-state index is 12.2. The molecule has 0 amide bonds. The van der Waals surface area contributed by atoms with Crippen molar-refractivity contribution < 1.29 is 13.6 Å². The third-order valence-corrected chi connectivity index (χ3v) is 2.06. The first-order valence-corrected chi connectivity index (χ1v) is 3.50. The van der Waals surface area contributed by atoms with Crippen LogP contribution in [-0.4, -0.2) is 18.0 Å². The van der Waals surface area contributed by atoms with Crippen molar-refractivity contribution in [3.63, 3.8) is 0 Å². The predicted molar refractivity (Wildman–Crippen MR) is 35.3 cm³/mol. The maximum atomic E-state index is 12.2. The van der Waals surface area contributed by atoms with Crippen LogP contribution in [0.15, 0.2) is 4.99 Å². The highest BCUT2D eigenvalue weighted by Gasteiger charge is 2.47. The van der Waals surface area contributed by atoms with E-state index in [1.807, 2.05) is 0 Å². The maximum Gasteiger partial charge on any atom is 0.248 e. The van der Waals surface area contributed by atoms with Crippen molar-refractivity contribution >= 4 is 6.08 Å². The molecule has 0 saturated heterocycles. The van der Waals surface area contributed by atoms with E-state index in [1.54, 1.807) is 6.92 Å². The van der Waals surface area contributed by atoms with Gasteiger partial charge in [-0.2, -0.15) is 0 Å². The summed E-state index contributed by atoms with van der Waals surface area (Å²) in [5, 5.41) is 0. The molecule has 0 bridgehead atoms. The molecule has 1 saturated carbocycles. The van der Waals surface area contributed by atoms with E-state index in [0.29, 0.717) is 0 Å². The molecular weight excluding hydrogens is 152 g/mol. The molecule has 1 rings (SSSR count). The highest BCUT2D eigenvalue weighted by Crippen LogP contribution is 2.44. The van der Waals surface area contributed by atoms with Gasteiger partial charge in [0.15, 0.2) is 0 Å². The minimum absolute atomic E-state index is 0.133. The van der Waals surface area contributed by atoms with Crippen molar-refractivity contribution in [2.24, 2.45) is 10.9 Å². The zero-order valence-corrected chi connectivity index (χ0v) is 6.18. The van der Waals surface area contributed by atoms with Gasteiger partial charge in [0, 0.05) is 12.8 Å². The van der Waals surface area contributed by atoms with Crippen molar-refractivity contribution in [1.82, 2.24) is 0 Å². The summed E-state index contributed by atoms with van der Waals surface area (Å²) < 4.78 is 24.5. The molecule has 0 spiro atoms. The molecule has 4 heteroatoms. The first-order valence-electron chi connectivity index (χ1n) is 3.50. The van der Waals surface area contributed by atoms with Gasteiger partial charge >= 0.3 is 0 Å². The minimum Gasteiger partial charge on any atom is -0.211 e. The van der Waals surface area contributed by atoms with Crippen LogP contribution in [0.1, 0.15) is 19.8 Å². The average molecular weight is 161 g/mol. The average Bonchev–Trinajstić information content (AvgIpc) is 1.83. The summed E-state index contributed by atoms with van der Waals surface area (Å²) in [5.74, 6) is -2.65. The van der Waals surface area contributed by atoms with Crippen LogP contribution >= 0.6 is 0 Å². The first kappa shape index (κ1) is 8.34. The number of halogens is 2. The molecule has 0 radical (unpaired) electrons. The number of rotatable bonds is 2. The third-order valence-electron chi connectivity index (χ3n) is 2.06. The van der Waals surface area contributed by atoms with Gasteiger partial charge in [0.1, 0.15) is 0 Å². The van der Waals surface area contributed by atoms with Crippen LogP contribution in [0, 0.1) is 5.92 Å². The van der Waals surface area contributed by atoms with E-state index in [9.17, 15) is 13.6 Å². The summed E-state index contributed by atoms with van der Waals surface area (Å²) in [6.07, 6.45) is 1.09. The Hall–Kier alpha value is -0.760. The molecule has 0 N–H and O–H groups in total. The summed E-state index contributed by atoms with van der Waals surface area (Å²) in [6, 6.07) is -0.299. The highest BCUT2D eigenvalue weighted by molar-refractivity contribution is 5.33. The number of nitrogens with zero attached hydrogens (tertiary/aromatic N) is 1. The Morgan fingerprint density at radius 2 is 2.18 bits per heavy atom. The fourth-order valence-corrected chi connectivity index (χ4v) is 1.24. The third kappa shape index (κ3) is 1.84. The van der Waals surface area contributed by atoms with E-state index in [2.05, 4.69) is 4.99 Å². The number of carbonyl (C=O) groups excluding carboxylic acids is 1. The lowest BCUT2D eigenvalue weighted by Crippen LogP contribution is -2.40. The number of hydrogen-bond acceptors (Lipinski definition) is 2. The van der Waals surface area contributed by atoms with E-state index in [4.69, 9.17) is 0 Å². The summed E-state index contributed by atoms with van der Waals surface area (Å²) in [7, 11) is 0. The Kier molecular flexibility index (Phi) is 2.05. The Morgan fingerprint density at radius 3 is 2.55 bits per heavy atom. The zero-order chi connectivity index (χ0) is 8.48. The summed E-state index contributed by atoms with van der Waals surface area (Å²) in [5.41, 5.74) is 0. The second kappa shape index (κ2) is 2.70. The van der Waals surface area contributed by atoms with E-state index < -0.39 is 5.92 Å². The monoisotopic (exact) mass is 161 g/mol. The second-order valence-corrected chi connectivity index (χ2v) is 2.99. The molecule has 62 valence electrons. The van der Waals surface area contributed by atoms with Crippen LogP contribution in [0.5, 0.6) is 0 Å². The zero-order valence-electron chi connectivity index (χ0n) is 6.18. The Morgan fingerprint density at radius 1 is 1.64 bits per heavy atom. The van der Waals surface area contributed by atoms with Gasteiger partial charge in [0.05, 0.1) is 6.04 Å². The molecule has 0 heterocycles. The lowest BCUT2D eigenvalue weighted by atomic mass is 9.77. The Bertz CT molecular complexity index is 191. The van der Waals surface area contributed by atoms with Crippen LogP contribution in [-0.2, 0) is 4.79 Å². The molecule has 0 aromatic carbocycles. The van der Waals surface area contributed by atoms with Crippen LogP contribution in [0.4, 0.5) is 8.78 Å². The van der Waals surface area contributed by atoms with Gasteiger partial charge in [0.2, 0.25) is 12.0 Å². The molecule has 11 heavy (non-hydrogen) atoms. The van der Waals surface area contributed by atoms with Gasteiger partial charge in [0.25, 0.3) is 0 Å². The van der Waals surface area contributed by atoms with Crippen LogP contribution in [0.2, 0.25) is 0 Å². The molecule has 0 aromatic rings. The Balaban J connectivity index is 2.37. The number of hydrogen-bond donors (Lipinski definition) is 0. The van der Waals surface area contributed by atoms with E-state index in [1.165, 1.54) is 6.08 Å². The summed E-state index contributed by atoms with van der Waals surface area (Å²) >= 11 is 0. The largest absolute Gasteiger partial charge is 0.248 e. The molecule has 0 aliphatic heterocycles. The SMILES string of the molecule is CC(N=C=O)C1CC(F)(F)C1. The van der Waals surface area contributed by atoms with Gasteiger partial charge in [-0.1, -0.05) is 0 Å². The molecule has 0 aromatic heterocycles. The topological polar surface area (TPSA) is 29.4 Å². The van der Waals surface area contributed by atoms with Gasteiger partial charge in [-0.05, 0) is 12.8 Å². The van der Waals surface area contributed by atoms with Crippen LogP contribution in [0.25, 0.3) is 0 Å². The predicted octanol–water partition coefficient (Wildman–Crippen LogP) is 1.76. The van der Waals surface area contributed by atoms with Crippen molar-refractivity contribution in [2.75, 3.05) is 0 Å². The van der Waals surface area contributed by atoms with Crippen molar-refractivity contribution in [3.05, 3.63) is 0 Å². The quantitative estimate of drug-likeness (QED) is 0.448. The molecule has 1 aliphatic rings. The molecule has 1 atom stereocenters. The first-order chi connectivity index (χ1) is 5.05. The molecular formula is C7H9F2NO. The lowest BCUT2D eigenvalue weighted by Gasteiger charge is -2.36. The molecule has 1 aliphatic carbocycles. The van der Waals surface area contributed by atoms with Crippen LogP contribution < -0.4 is 0 Å². The standard InChI is InChI=1S/C7H9F2NO/c1-5(10-4-11)6-2-7(8,9)3-6/h5-6H,2-3H2,1H3. The Labute approximate surface area is 63.3 Å². The fourth-order valence-electron chi connectivity index (χ4n) is 1.24. The number of alkyl halides is 2. The van der Waals surface area contributed by atoms with Gasteiger partial charge in [-0.15, -0.1) is 0 Å². The van der Waals surface area contributed by atoms with Gasteiger partial charge in [-0.25, -0.2) is 18.6 Å². The summed E-state index contributed by atoms with van der Waals surface area (Å²) in [6.45, 7) is 1.66. The normalized spacial score (nSPS) is 25.0. The number of aliphatic imine (C=N–C) groups is 1. The van der Waals surface area contributed by atoms with E-state index in [-0.39, 0.29) is 24.8 Å². The fraction of sp³-hybridized carbons (Fsp3) is 0.857. The smallest absolute Gasteiger partial charge is 0.211 e. The van der Waals surface area contributed by atoms with Crippen molar-refractivity contribution in [2.45, 2.75) is 31.7 Å². The second-order valence-electron chi connectivity index (χ2n) is 2.99.